The van der Waals surface area contributed by atoms with Crippen molar-refractivity contribution in [1.29, 1.82) is 0 Å². The summed E-state index contributed by atoms with van der Waals surface area (Å²) >= 11 is 0. The number of anilines is 3. The maximum atomic E-state index is 6.32. The molecule has 9 aromatic rings. The van der Waals surface area contributed by atoms with Gasteiger partial charge in [-0.05, 0) is 82.6 Å². The molecule has 0 aliphatic rings. The van der Waals surface area contributed by atoms with E-state index in [4.69, 9.17) is 8.83 Å². The van der Waals surface area contributed by atoms with Gasteiger partial charge in [0.2, 0.25) is 0 Å². The van der Waals surface area contributed by atoms with Gasteiger partial charge in [0.25, 0.3) is 0 Å². The number of hydrogen-bond donors (Lipinski definition) is 0. The van der Waals surface area contributed by atoms with Crippen LogP contribution in [0.25, 0.3) is 65.8 Å². The molecule has 0 saturated carbocycles. The highest BCUT2D eigenvalue weighted by Crippen LogP contribution is 2.41. The first-order valence-electron chi connectivity index (χ1n) is 14.5. The van der Waals surface area contributed by atoms with E-state index in [1.54, 1.807) is 0 Å². The summed E-state index contributed by atoms with van der Waals surface area (Å²) in [5.41, 5.74) is 9.11. The van der Waals surface area contributed by atoms with Gasteiger partial charge in [0, 0.05) is 44.7 Å². The van der Waals surface area contributed by atoms with Crippen LogP contribution in [0, 0.1) is 0 Å². The molecule has 2 heterocycles. The van der Waals surface area contributed by atoms with Crippen LogP contribution in [0.4, 0.5) is 17.1 Å². The average molecular weight is 552 g/mol. The second-order valence-corrected chi connectivity index (χ2v) is 11.0. The molecule has 0 aliphatic carbocycles. The molecule has 0 aliphatic heterocycles. The topological polar surface area (TPSA) is 29.5 Å². The molecule has 7 aromatic carbocycles. The molecule has 43 heavy (non-hydrogen) atoms. The Morgan fingerprint density at radius 2 is 0.930 bits per heavy atom. The smallest absolute Gasteiger partial charge is 0.137 e. The van der Waals surface area contributed by atoms with Gasteiger partial charge < -0.3 is 13.7 Å². The van der Waals surface area contributed by atoms with Gasteiger partial charge in [-0.2, -0.15) is 0 Å². The van der Waals surface area contributed by atoms with E-state index in [0.717, 1.165) is 71.7 Å². The number of benzene rings is 7. The van der Waals surface area contributed by atoms with E-state index in [9.17, 15) is 0 Å². The predicted molar refractivity (Wildman–Crippen MR) is 179 cm³/mol. The van der Waals surface area contributed by atoms with Gasteiger partial charge in [0.1, 0.15) is 22.3 Å². The summed E-state index contributed by atoms with van der Waals surface area (Å²) in [6.07, 6.45) is 0. The van der Waals surface area contributed by atoms with Crippen molar-refractivity contribution in [1.82, 2.24) is 0 Å². The molecule has 0 spiro atoms. The van der Waals surface area contributed by atoms with Crippen molar-refractivity contribution in [3.8, 4) is 11.1 Å². The Bertz CT molecular complexity index is 2470. The molecule has 3 heteroatoms. The molecule has 0 atom stereocenters. The number of furan rings is 2. The first-order chi connectivity index (χ1) is 21.3. The summed E-state index contributed by atoms with van der Waals surface area (Å²) in [7, 11) is 0. The van der Waals surface area contributed by atoms with Crippen LogP contribution in [0.15, 0.2) is 160 Å². The SMILES string of the molecule is c1ccc(-c2cccc(N(c3ccc4cc5oc6ccccc6c5cc4c3)c3ccc4c(c3)oc3ccccc34)c2)cc1. The lowest BCUT2D eigenvalue weighted by Gasteiger charge is -2.26. The number of hydrogen-bond acceptors (Lipinski definition) is 3. The lowest BCUT2D eigenvalue weighted by Crippen LogP contribution is -2.10. The van der Waals surface area contributed by atoms with E-state index >= 15 is 0 Å². The summed E-state index contributed by atoms with van der Waals surface area (Å²) in [6, 6.07) is 53.3. The predicted octanol–water partition coefficient (Wildman–Crippen LogP) is 11.8. The molecule has 202 valence electrons. The lowest BCUT2D eigenvalue weighted by atomic mass is 10.0. The molecule has 0 fully saturated rings. The number of rotatable bonds is 4. The summed E-state index contributed by atoms with van der Waals surface area (Å²) in [4.78, 5) is 2.32. The van der Waals surface area contributed by atoms with Gasteiger partial charge in [-0.1, -0.05) is 84.9 Å². The Balaban J connectivity index is 1.26. The largest absolute Gasteiger partial charge is 0.456 e. The van der Waals surface area contributed by atoms with Crippen LogP contribution in [-0.4, -0.2) is 0 Å². The number of nitrogens with zero attached hydrogens (tertiary/aromatic N) is 1. The molecular formula is C40H25NO2. The minimum atomic E-state index is 0.871. The molecule has 0 unspecified atom stereocenters. The Labute approximate surface area is 247 Å². The summed E-state index contributed by atoms with van der Waals surface area (Å²) < 4.78 is 12.5. The van der Waals surface area contributed by atoms with Gasteiger partial charge in [-0.3, -0.25) is 0 Å². The number of fused-ring (bicyclic) bond motifs is 7. The van der Waals surface area contributed by atoms with Gasteiger partial charge in [0.15, 0.2) is 0 Å². The zero-order chi connectivity index (χ0) is 28.3. The van der Waals surface area contributed by atoms with Gasteiger partial charge >= 0.3 is 0 Å². The Kier molecular flexibility index (Phi) is 5.20. The van der Waals surface area contributed by atoms with Crippen LogP contribution in [0.1, 0.15) is 0 Å². The Hall–Kier alpha value is -5.80. The van der Waals surface area contributed by atoms with Crippen molar-refractivity contribution in [3.63, 3.8) is 0 Å². The summed E-state index contributed by atoms with van der Waals surface area (Å²) in [5.74, 6) is 0. The highest BCUT2D eigenvalue weighted by atomic mass is 16.3. The molecule has 0 amide bonds. The van der Waals surface area contributed by atoms with Gasteiger partial charge in [0.05, 0.1) is 0 Å². The van der Waals surface area contributed by atoms with Crippen LogP contribution >= 0.6 is 0 Å². The zero-order valence-electron chi connectivity index (χ0n) is 23.2. The van der Waals surface area contributed by atoms with Crippen molar-refractivity contribution in [2.24, 2.45) is 0 Å². The highest BCUT2D eigenvalue weighted by molar-refractivity contribution is 6.11. The third-order valence-electron chi connectivity index (χ3n) is 8.41. The van der Waals surface area contributed by atoms with Crippen LogP contribution in [0.2, 0.25) is 0 Å². The molecule has 9 rings (SSSR count). The maximum Gasteiger partial charge on any atom is 0.137 e. The zero-order valence-corrected chi connectivity index (χ0v) is 23.2. The standard InChI is InChI=1S/C40H25NO2/c1-2-9-26(10-3-1)27-11-8-12-30(21-27)41(32-19-20-35-33-13-4-6-15-37(33)43-40(35)25-32)31-18-17-28-24-39-36(23-29(28)22-31)34-14-5-7-16-38(34)42-39/h1-25H. The van der Waals surface area contributed by atoms with E-state index in [1.165, 1.54) is 11.1 Å². The van der Waals surface area contributed by atoms with Crippen molar-refractivity contribution in [3.05, 3.63) is 152 Å². The average Bonchev–Trinajstić information content (AvgIpc) is 3.62. The minimum absolute atomic E-state index is 0.871. The highest BCUT2D eigenvalue weighted by Gasteiger charge is 2.17. The van der Waals surface area contributed by atoms with E-state index in [1.807, 2.05) is 24.3 Å². The number of para-hydroxylation sites is 2. The molecule has 0 N–H and O–H groups in total. The summed E-state index contributed by atoms with van der Waals surface area (Å²) in [6.45, 7) is 0. The third-order valence-corrected chi connectivity index (χ3v) is 8.41. The van der Waals surface area contributed by atoms with Crippen molar-refractivity contribution >= 4 is 71.7 Å². The van der Waals surface area contributed by atoms with Gasteiger partial charge in [-0.25, -0.2) is 0 Å². The fraction of sp³-hybridized carbons (Fsp3) is 0. The van der Waals surface area contributed by atoms with Crippen molar-refractivity contribution in [2.45, 2.75) is 0 Å². The van der Waals surface area contributed by atoms with Crippen LogP contribution in [0.5, 0.6) is 0 Å². The molecule has 0 bridgehead atoms. The van der Waals surface area contributed by atoms with E-state index < -0.39 is 0 Å². The molecular weight excluding hydrogens is 526 g/mol. The molecule has 3 nitrogen and oxygen atoms in total. The lowest BCUT2D eigenvalue weighted by molar-refractivity contribution is 0.668. The fourth-order valence-corrected chi connectivity index (χ4v) is 6.35. The van der Waals surface area contributed by atoms with Crippen LogP contribution in [0.3, 0.4) is 0 Å². The van der Waals surface area contributed by atoms with Gasteiger partial charge in [-0.15, -0.1) is 0 Å². The minimum Gasteiger partial charge on any atom is -0.456 e. The van der Waals surface area contributed by atoms with E-state index in [2.05, 4.69) is 132 Å². The third kappa shape index (κ3) is 3.90. The molecule has 0 saturated heterocycles. The maximum absolute atomic E-state index is 6.32. The first kappa shape index (κ1) is 23.9. The van der Waals surface area contributed by atoms with E-state index in [-0.39, 0.29) is 0 Å². The van der Waals surface area contributed by atoms with E-state index in [0.29, 0.717) is 0 Å². The fourth-order valence-electron chi connectivity index (χ4n) is 6.35. The molecule has 2 aromatic heterocycles. The quantitative estimate of drug-likeness (QED) is 0.218. The summed E-state index contributed by atoms with van der Waals surface area (Å²) in [5, 5.41) is 6.80. The molecule has 0 radical (unpaired) electrons. The normalized spacial score (nSPS) is 11.7. The van der Waals surface area contributed by atoms with Crippen molar-refractivity contribution < 1.29 is 8.83 Å². The van der Waals surface area contributed by atoms with Crippen LogP contribution in [-0.2, 0) is 0 Å². The van der Waals surface area contributed by atoms with Crippen LogP contribution < -0.4 is 4.90 Å². The second kappa shape index (κ2) is 9.37. The second-order valence-electron chi connectivity index (χ2n) is 11.0. The Morgan fingerprint density at radius 1 is 0.326 bits per heavy atom. The first-order valence-corrected chi connectivity index (χ1v) is 14.5. The monoisotopic (exact) mass is 551 g/mol. The Morgan fingerprint density at radius 3 is 1.74 bits per heavy atom. The van der Waals surface area contributed by atoms with Crippen molar-refractivity contribution in [2.75, 3.05) is 4.90 Å².